The number of ether oxygens (including phenoxy) is 1. The Kier molecular flexibility index (Phi) is 5.81. The molecule has 3 rings (SSSR count). The average molecular weight is 396 g/mol. The minimum absolute atomic E-state index is 0.147. The number of amides is 1. The largest absolute Gasteiger partial charge is 0.479 e. The first-order valence-electron chi connectivity index (χ1n) is 9.27. The Bertz CT molecular complexity index is 1060. The molecule has 0 fully saturated rings. The monoisotopic (exact) mass is 396 g/mol. The number of aromatic nitrogens is 3. The summed E-state index contributed by atoms with van der Waals surface area (Å²) in [5, 5.41) is 17.2. The fraction of sp³-hybridized carbons (Fsp3) is 0.333. The first-order chi connectivity index (χ1) is 13.8. The van der Waals surface area contributed by atoms with Gasteiger partial charge in [-0.15, -0.1) is 5.10 Å². The van der Waals surface area contributed by atoms with Gasteiger partial charge in [-0.05, 0) is 37.0 Å². The fourth-order valence-corrected chi connectivity index (χ4v) is 3.51. The summed E-state index contributed by atoms with van der Waals surface area (Å²) in [4.78, 5) is 28.7. The summed E-state index contributed by atoms with van der Waals surface area (Å²) in [6, 6.07) is 7.56. The van der Waals surface area contributed by atoms with Gasteiger partial charge in [0.25, 0.3) is 0 Å². The van der Waals surface area contributed by atoms with E-state index in [1.165, 1.54) is 0 Å². The summed E-state index contributed by atoms with van der Waals surface area (Å²) >= 11 is 0. The van der Waals surface area contributed by atoms with Gasteiger partial charge >= 0.3 is 5.97 Å². The molecule has 8 nitrogen and oxygen atoms in total. The molecular weight excluding hydrogens is 372 g/mol. The van der Waals surface area contributed by atoms with Crippen LogP contribution in [0.4, 0.5) is 0 Å². The van der Waals surface area contributed by atoms with Crippen molar-refractivity contribution in [3.8, 4) is 5.88 Å². The van der Waals surface area contributed by atoms with Crippen molar-refractivity contribution >= 4 is 22.9 Å². The van der Waals surface area contributed by atoms with Gasteiger partial charge in [0.2, 0.25) is 11.8 Å². The average Bonchev–Trinajstić information content (AvgIpc) is 3.02. The Morgan fingerprint density at radius 1 is 1.24 bits per heavy atom. The van der Waals surface area contributed by atoms with Gasteiger partial charge in [-0.3, -0.25) is 4.79 Å². The highest BCUT2D eigenvalue weighted by molar-refractivity contribution is 5.87. The number of carboxylic acids is 1. The second kappa shape index (κ2) is 8.30. The maximum absolute atomic E-state index is 12.5. The van der Waals surface area contributed by atoms with Crippen LogP contribution in [0.5, 0.6) is 5.88 Å². The molecule has 2 N–H and O–H groups in total. The summed E-state index contributed by atoms with van der Waals surface area (Å²) in [5.74, 6) is -0.938. The number of carbonyl (C=O) groups excluding carboxylic acids is 1. The molecule has 0 bridgehead atoms. The van der Waals surface area contributed by atoms with Crippen molar-refractivity contribution in [2.75, 3.05) is 7.11 Å². The summed E-state index contributed by atoms with van der Waals surface area (Å²) in [6.07, 6.45) is 0.583. The van der Waals surface area contributed by atoms with Gasteiger partial charge in [-0.25, -0.2) is 14.5 Å². The molecule has 0 saturated heterocycles. The number of hydrogen-bond acceptors (Lipinski definition) is 5. The number of fused-ring (bicyclic) bond motifs is 1. The molecule has 1 aromatic carbocycles. The molecule has 0 aliphatic heterocycles. The van der Waals surface area contributed by atoms with E-state index in [-0.39, 0.29) is 12.3 Å². The Morgan fingerprint density at radius 3 is 2.55 bits per heavy atom. The number of methoxy groups -OCH3 is 1. The van der Waals surface area contributed by atoms with Crippen LogP contribution in [-0.4, -0.2) is 38.9 Å². The van der Waals surface area contributed by atoms with Crippen LogP contribution in [0.2, 0.25) is 0 Å². The predicted molar refractivity (Wildman–Crippen MR) is 108 cm³/mol. The second-order valence-electron chi connectivity index (χ2n) is 6.88. The lowest BCUT2D eigenvalue weighted by Crippen LogP contribution is -2.33. The molecule has 0 saturated carbocycles. The second-order valence-corrected chi connectivity index (χ2v) is 6.88. The summed E-state index contributed by atoms with van der Waals surface area (Å²) in [7, 11) is 3.36. The third-order valence-electron chi connectivity index (χ3n) is 5.00. The van der Waals surface area contributed by atoms with Crippen molar-refractivity contribution < 1.29 is 19.4 Å². The molecule has 1 atom stereocenters. The highest BCUT2D eigenvalue weighted by atomic mass is 16.5. The number of benzene rings is 1. The Labute approximate surface area is 168 Å². The number of aliphatic carboxylic acids is 1. The Morgan fingerprint density at radius 2 is 1.93 bits per heavy atom. The maximum Gasteiger partial charge on any atom is 0.330 e. The Balaban J connectivity index is 1.79. The van der Waals surface area contributed by atoms with Gasteiger partial charge in [0.15, 0.2) is 11.7 Å². The highest BCUT2D eigenvalue weighted by Gasteiger charge is 2.23. The third kappa shape index (κ3) is 4.06. The molecule has 0 unspecified atom stereocenters. The smallest absolute Gasteiger partial charge is 0.330 e. The van der Waals surface area contributed by atoms with E-state index >= 15 is 0 Å². The normalized spacial score (nSPS) is 12.0. The topological polar surface area (TPSA) is 106 Å². The molecule has 152 valence electrons. The molecule has 3 aromatic rings. The first kappa shape index (κ1) is 20.3. The van der Waals surface area contributed by atoms with E-state index < -0.39 is 12.0 Å². The van der Waals surface area contributed by atoms with E-state index in [9.17, 15) is 14.7 Å². The molecule has 29 heavy (non-hydrogen) atoms. The van der Waals surface area contributed by atoms with Crippen molar-refractivity contribution in [2.24, 2.45) is 7.05 Å². The van der Waals surface area contributed by atoms with E-state index in [0.29, 0.717) is 17.9 Å². The number of pyridine rings is 1. The van der Waals surface area contributed by atoms with Crippen molar-refractivity contribution in [2.45, 2.75) is 32.7 Å². The molecule has 0 spiro atoms. The van der Waals surface area contributed by atoms with Crippen molar-refractivity contribution in [3.63, 3.8) is 0 Å². The lowest BCUT2D eigenvalue weighted by molar-refractivity contribution is -0.142. The van der Waals surface area contributed by atoms with Crippen LogP contribution in [0, 0.1) is 13.8 Å². The zero-order valence-electron chi connectivity index (χ0n) is 16.9. The van der Waals surface area contributed by atoms with Crippen molar-refractivity contribution in [1.29, 1.82) is 0 Å². The van der Waals surface area contributed by atoms with Crippen LogP contribution < -0.4 is 10.1 Å². The zero-order valence-corrected chi connectivity index (χ0v) is 16.9. The van der Waals surface area contributed by atoms with Crippen LogP contribution >= 0.6 is 0 Å². The molecule has 0 aliphatic rings. The van der Waals surface area contributed by atoms with Gasteiger partial charge in [0.1, 0.15) is 0 Å². The van der Waals surface area contributed by atoms with Crippen LogP contribution in [0.15, 0.2) is 30.3 Å². The molecule has 1 amide bonds. The van der Waals surface area contributed by atoms with E-state index in [1.807, 2.05) is 13.8 Å². The predicted octanol–water partition coefficient (Wildman–Crippen LogP) is 2.47. The fourth-order valence-electron chi connectivity index (χ4n) is 3.51. The number of nitrogens with zero attached hydrogens (tertiary/aromatic N) is 3. The minimum Gasteiger partial charge on any atom is -0.479 e. The maximum atomic E-state index is 12.5. The Hall–Kier alpha value is -3.42. The van der Waals surface area contributed by atoms with E-state index in [1.54, 1.807) is 49.2 Å². The van der Waals surface area contributed by atoms with Gasteiger partial charge in [0, 0.05) is 19.2 Å². The van der Waals surface area contributed by atoms with Gasteiger partial charge in [-0.1, -0.05) is 30.3 Å². The lowest BCUT2D eigenvalue weighted by atomic mass is 9.99. The van der Waals surface area contributed by atoms with E-state index in [4.69, 9.17) is 4.74 Å². The van der Waals surface area contributed by atoms with Crippen LogP contribution in [-0.2, 0) is 23.1 Å². The molecule has 0 radical (unpaired) electrons. The van der Waals surface area contributed by atoms with E-state index in [2.05, 4.69) is 15.4 Å². The lowest BCUT2D eigenvalue weighted by Gasteiger charge is -2.16. The number of hydrogen-bond donors (Lipinski definition) is 2. The van der Waals surface area contributed by atoms with Crippen LogP contribution in [0.3, 0.4) is 0 Å². The zero-order chi connectivity index (χ0) is 21.1. The molecular formula is C21H24N4O4. The highest BCUT2D eigenvalue weighted by Crippen LogP contribution is 2.30. The van der Waals surface area contributed by atoms with Crippen LogP contribution in [0.25, 0.3) is 11.0 Å². The van der Waals surface area contributed by atoms with E-state index in [0.717, 1.165) is 27.9 Å². The summed E-state index contributed by atoms with van der Waals surface area (Å²) < 4.78 is 7.03. The minimum atomic E-state index is -1.10. The number of rotatable bonds is 7. The van der Waals surface area contributed by atoms with Crippen LogP contribution in [0.1, 0.15) is 34.8 Å². The number of aryl methyl sites for hydroxylation is 3. The van der Waals surface area contributed by atoms with Crippen molar-refractivity contribution in [3.05, 3.63) is 52.7 Å². The van der Waals surface area contributed by atoms with Crippen molar-refractivity contribution in [1.82, 2.24) is 20.1 Å². The first-order valence-corrected chi connectivity index (χ1v) is 9.27. The number of carbonyl (C=O) groups is 2. The summed E-state index contributed by atoms with van der Waals surface area (Å²) in [5.41, 5.74) is 3.96. The standard InChI is InChI=1S/C21H24N4O4/c1-12-15(13(2)22-19-17(12)20(29-4)24-25(19)3)10-11-16(26)23-18(21(27)28)14-8-6-5-7-9-14/h5-9,18H,10-11H2,1-4H3,(H,23,26)(H,27,28)/t18-/m0/s1. The number of carboxylic acid groups (broad SMARTS) is 1. The number of nitrogens with one attached hydrogen (secondary N) is 1. The SMILES string of the molecule is COc1nn(C)c2nc(C)c(CCC(=O)N[C@H](C(=O)O)c3ccccc3)c(C)c12. The third-order valence-corrected chi connectivity index (χ3v) is 5.00. The van der Waals surface area contributed by atoms with Gasteiger partial charge in [0.05, 0.1) is 12.5 Å². The molecule has 8 heteroatoms. The van der Waals surface area contributed by atoms with Gasteiger partial charge in [-0.2, -0.15) is 0 Å². The quantitative estimate of drug-likeness (QED) is 0.635. The molecule has 2 aromatic heterocycles. The molecule has 0 aliphatic carbocycles. The van der Waals surface area contributed by atoms with Gasteiger partial charge < -0.3 is 15.2 Å². The summed E-state index contributed by atoms with van der Waals surface area (Å²) in [6.45, 7) is 3.85. The molecule has 2 heterocycles.